The summed E-state index contributed by atoms with van der Waals surface area (Å²) in [6, 6.07) is 17.9. The third-order valence-electron chi connectivity index (χ3n) is 7.89. The van der Waals surface area contributed by atoms with Gasteiger partial charge < -0.3 is 23.7 Å². The van der Waals surface area contributed by atoms with Crippen molar-refractivity contribution in [2.45, 2.75) is 39.7 Å². The first-order valence-electron chi connectivity index (χ1n) is 14.3. The summed E-state index contributed by atoms with van der Waals surface area (Å²) in [6.07, 6.45) is 2.03. The molecule has 2 aromatic heterocycles. The van der Waals surface area contributed by atoms with Crippen LogP contribution in [0, 0.1) is 12.8 Å². The summed E-state index contributed by atoms with van der Waals surface area (Å²) in [4.78, 5) is 32.9. The number of esters is 1. The number of carbonyl (C=O) groups is 2. The molecule has 1 amide bonds. The number of hydrogen-bond donors (Lipinski definition) is 0. The zero-order chi connectivity index (χ0) is 29.6. The van der Waals surface area contributed by atoms with Crippen LogP contribution in [0.1, 0.15) is 41.4 Å². The average Bonchev–Trinajstić information content (AvgIpc) is 3.65. The van der Waals surface area contributed by atoms with Crippen LogP contribution in [0.5, 0.6) is 11.5 Å². The highest BCUT2D eigenvalue weighted by molar-refractivity contribution is 7.13. The highest BCUT2D eigenvalue weighted by Crippen LogP contribution is 2.33. The number of aromatic nitrogens is 2. The second-order valence-electron chi connectivity index (χ2n) is 10.4. The maximum Gasteiger partial charge on any atom is 0.309 e. The highest BCUT2D eigenvalue weighted by atomic mass is 32.1. The number of ether oxygens (including phenoxy) is 3. The van der Waals surface area contributed by atoms with Gasteiger partial charge in [-0.2, -0.15) is 0 Å². The fourth-order valence-electron chi connectivity index (χ4n) is 5.40. The van der Waals surface area contributed by atoms with Gasteiger partial charge in [0.25, 0.3) is 5.91 Å². The molecular weight excluding hydrogens is 550 g/mol. The van der Waals surface area contributed by atoms with Crippen molar-refractivity contribution in [3.05, 3.63) is 76.8 Å². The standard InChI is InChI=1S/C33H37N3O5S/c1-5-41-33(38)25-15-17-35(18-16-25)32(37)28-20-30(29-21-42-31(34-29)24-8-12-27(40-4)13-9-24)36(22(28)2)19-14-23-6-10-26(39-3)11-7-23/h6-13,20-21,25H,5,14-19H2,1-4H3. The van der Waals surface area contributed by atoms with Crippen LogP contribution in [0.15, 0.2) is 60.0 Å². The van der Waals surface area contributed by atoms with Crippen LogP contribution in [0.2, 0.25) is 0 Å². The maximum atomic E-state index is 13.8. The largest absolute Gasteiger partial charge is 0.497 e. The van der Waals surface area contributed by atoms with Crippen molar-refractivity contribution in [1.29, 1.82) is 0 Å². The number of rotatable bonds is 10. The monoisotopic (exact) mass is 587 g/mol. The Kier molecular flexibility index (Phi) is 9.27. The summed E-state index contributed by atoms with van der Waals surface area (Å²) in [7, 11) is 3.32. The van der Waals surface area contributed by atoms with Crippen molar-refractivity contribution in [1.82, 2.24) is 14.5 Å². The van der Waals surface area contributed by atoms with E-state index in [1.807, 2.05) is 61.2 Å². The van der Waals surface area contributed by atoms with Gasteiger partial charge in [-0.25, -0.2) is 4.98 Å². The molecule has 2 aromatic carbocycles. The number of piperidine rings is 1. The number of benzene rings is 2. The minimum absolute atomic E-state index is 0.00939. The fraction of sp³-hybridized carbons (Fsp3) is 0.364. The van der Waals surface area contributed by atoms with Gasteiger partial charge in [-0.15, -0.1) is 11.3 Å². The first-order valence-corrected chi connectivity index (χ1v) is 15.2. The third kappa shape index (κ3) is 6.36. The zero-order valence-electron chi connectivity index (χ0n) is 24.6. The SMILES string of the molecule is CCOC(=O)C1CCN(C(=O)c2cc(-c3csc(-c4ccc(OC)cc4)n3)n(CCc3ccc(OC)cc3)c2C)CC1. The Morgan fingerprint density at radius 2 is 1.62 bits per heavy atom. The molecule has 1 saturated heterocycles. The fourth-order valence-corrected chi connectivity index (χ4v) is 6.22. The summed E-state index contributed by atoms with van der Waals surface area (Å²) >= 11 is 1.58. The molecule has 0 atom stereocenters. The number of likely N-dealkylation sites (tertiary alicyclic amines) is 1. The molecule has 220 valence electrons. The van der Waals surface area contributed by atoms with Crippen LogP contribution in [-0.4, -0.2) is 60.2 Å². The van der Waals surface area contributed by atoms with Crippen LogP contribution in [0.3, 0.4) is 0 Å². The van der Waals surface area contributed by atoms with E-state index in [-0.39, 0.29) is 17.8 Å². The Morgan fingerprint density at radius 3 is 2.24 bits per heavy atom. The summed E-state index contributed by atoms with van der Waals surface area (Å²) in [5, 5.41) is 2.96. The second kappa shape index (κ2) is 13.2. The van der Waals surface area contributed by atoms with Gasteiger partial charge in [-0.1, -0.05) is 12.1 Å². The lowest BCUT2D eigenvalue weighted by molar-refractivity contribution is -0.149. The highest BCUT2D eigenvalue weighted by Gasteiger charge is 2.30. The molecule has 0 spiro atoms. The lowest BCUT2D eigenvalue weighted by Crippen LogP contribution is -2.40. The van der Waals surface area contributed by atoms with E-state index in [1.165, 1.54) is 5.56 Å². The Labute approximate surface area is 250 Å². The van der Waals surface area contributed by atoms with Crippen molar-refractivity contribution in [2.24, 2.45) is 5.92 Å². The van der Waals surface area contributed by atoms with Gasteiger partial charge in [0.05, 0.1) is 43.7 Å². The third-order valence-corrected chi connectivity index (χ3v) is 8.78. The van der Waals surface area contributed by atoms with Gasteiger partial charge >= 0.3 is 5.97 Å². The molecule has 0 aliphatic carbocycles. The maximum absolute atomic E-state index is 13.8. The molecule has 0 saturated carbocycles. The minimum Gasteiger partial charge on any atom is -0.497 e. The van der Waals surface area contributed by atoms with E-state index in [0.29, 0.717) is 44.6 Å². The van der Waals surface area contributed by atoms with Crippen molar-refractivity contribution in [3.63, 3.8) is 0 Å². The summed E-state index contributed by atoms with van der Waals surface area (Å²) in [5.74, 6) is 1.30. The first-order chi connectivity index (χ1) is 20.4. The molecule has 0 bridgehead atoms. The smallest absolute Gasteiger partial charge is 0.309 e. The van der Waals surface area contributed by atoms with Crippen LogP contribution in [-0.2, 0) is 22.5 Å². The Hall–Kier alpha value is -4.11. The molecule has 1 aliphatic rings. The van der Waals surface area contributed by atoms with Gasteiger partial charge in [0.15, 0.2) is 0 Å². The van der Waals surface area contributed by atoms with Gasteiger partial charge in [0.1, 0.15) is 16.5 Å². The summed E-state index contributed by atoms with van der Waals surface area (Å²) in [5.41, 5.74) is 5.54. The molecular formula is C33H37N3O5S. The van der Waals surface area contributed by atoms with Crippen LogP contribution >= 0.6 is 11.3 Å². The predicted molar refractivity (Wildman–Crippen MR) is 164 cm³/mol. The number of aryl methyl sites for hydroxylation is 1. The Morgan fingerprint density at radius 1 is 0.976 bits per heavy atom. The molecule has 3 heterocycles. The van der Waals surface area contributed by atoms with E-state index >= 15 is 0 Å². The topological polar surface area (TPSA) is 82.9 Å². The zero-order valence-corrected chi connectivity index (χ0v) is 25.4. The lowest BCUT2D eigenvalue weighted by atomic mass is 9.96. The van der Waals surface area contributed by atoms with Crippen LogP contribution in [0.25, 0.3) is 22.0 Å². The molecule has 1 aliphatic heterocycles. The van der Waals surface area contributed by atoms with Crippen molar-refractivity contribution in [2.75, 3.05) is 33.9 Å². The summed E-state index contributed by atoms with van der Waals surface area (Å²) in [6.45, 7) is 5.96. The molecule has 42 heavy (non-hydrogen) atoms. The molecule has 8 nitrogen and oxygen atoms in total. The van der Waals surface area contributed by atoms with E-state index in [1.54, 1.807) is 25.6 Å². The number of carbonyl (C=O) groups excluding carboxylic acids is 2. The first kappa shape index (κ1) is 29.4. The van der Waals surface area contributed by atoms with E-state index in [2.05, 4.69) is 22.1 Å². The number of hydrogen-bond acceptors (Lipinski definition) is 7. The van der Waals surface area contributed by atoms with Gasteiger partial charge in [-0.3, -0.25) is 9.59 Å². The molecule has 9 heteroatoms. The van der Waals surface area contributed by atoms with E-state index < -0.39 is 0 Å². The number of thiazole rings is 1. The van der Waals surface area contributed by atoms with Crippen LogP contribution in [0.4, 0.5) is 0 Å². The van der Waals surface area contributed by atoms with Crippen molar-refractivity contribution < 1.29 is 23.8 Å². The normalized spacial score (nSPS) is 13.7. The van der Waals surface area contributed by atoms with E-state index in [4.69, 9.17) is 19.2 Å². The Bertz CT molecular complexity index is 1520. The molecule has 1 fully saturated rings. The number of methoxy groups -OCH3 is 2. The van der Waals surface area contributed by atoms with Gasteiger partial charge in [0, 0.05) is 36.3 Å². The predicted octanol–water partition coefficient (Wildman–Crippen LogP) is 6.26. The summed E-state index contributed by atoms with van der Waals surface area (Å²) < 4.78 is 18.0. The molecule has 0 radical (unpaired) electrons. The van der Waals surface area contributed by atoms with Crippen LogP contribution < -0.4 is 9.47 Å². The second-order valence-corrected chi connectivity index (χ2v) is 11.2. The van der Waals surface area contributed by atoms with Gasteiger partial charge in [-0.05, 0) is 81.1 Å². The molecule has 0 unspecified atom stereocenters. The van der Waals surface area contributed by atoms with Crippen molar-refractivity contribution >= 4 is 23.2 Å². The number of nitrogens with zero attached hydrogens (tertiary/aromatic N) is 3. The number of amides is 1. The minimum atomic E-state index is -0.163. The van der Waals surface area contributed by atoms with E-state index in [0.717, 1.165) is 45.6 Å². The quantitative estimate of drug-likeness (QED) is 0.204. The molecule has 0 N–H and O–H groups in total. The molecule has 4 aromatic rings. The molecule has 5 rings (SSSR count). The average molecular weight is 588 g/mol. The van der Waals surface area contributed by atoms with Crippen molar-refractivity contribution in [3.8, 4) is 33.5 Å². The Balaban J connectivity index is 1.42. The lowest BCUT2D eigenvalue weighted by Gasteiger charge is -2.31. The van der Waals surface area contributed by atoms with E-state index in [9.17, 15) is 9.59 Å². The van der Waals surface area contributed by atoms with Gasteiger partial charge in [0.2, 0.25) is 0 Å².